The van der Waals surface area contributed by atoms with Crippen LogP contribution in [-0.4, -0.2) is 35.1 Å². The largest absolute Gasteiger partial charge is 0.481 e. The van der Waals surface area contributed by atoms with Gasteiger partial charge in [-0.1, -0.05) is 29.8 Å². The molecule has 0 heterocycles. The van der Waals surface area contributed by atoms with Gasteiger partial charge in [0.1, 0.15) is 0 Å². The van der Waals surface area contributed by atoms with E-state index in [9.17, 15) is 9.59 Å². The van der Waals surface area contributed by atoms with Gasteiger partial charge in [0.05, 0.1) is 6.42 Å². The van der Waals surface area contributed by atoms with Crippen LogP contribution in [-0.2, 0) is 11.3 Å². The highest BCUT2D eigenvalue weighted by Gasteiger charge is 2.14. The van der Waals surface area contributed by atoms with Crippen molar-refractivity contribution in [3.63, 3.8) is 0 Å². The summed E-state index contributed by atoms with van der Waals surface area (Å²) >= 11 is 0. The Bertz CT molecular complexity index is 443. The highest BCUT2D eigenvalue weighted by molar-refractivity contribution is 5.75. The van der Waals surface area contributed by atoms with Gasteiger partial charge in [-0.15, -0.1) is 0 Å². The van der Waals surface area contributed by atoms with Crippen LogP contribution in [0.5, 0.6) is 0 Å². The topological polar surface area (TPSA) is 69.6 Å². The van der Waals surface area contributed by atoms with Crippen LogP contribution in [0.1, 0.15) is 24.5 Å². The molecule has 0 radical (unpaired) electrons. The van der Waals surface area contributed by atoms with Crippen molar-refractivity contribution in [1.29, 1.82) is 0 Å². The van der Waals surface area contributed by atoms with E-state index in [2.05, 4.69) is 5.32 Å². The Morgan fingerprint density at radius 2 is 1.89 bits per heavy atom. The van der Waals surface area contributed by atoms with E-state index in [0.29, 0.717) is 6.54 Å². The van der Waals surface area contributed by atoms with Gasteiger partial charge >= 0.3 is 12.0 Å². The minimum atomic E-state index is -0.922. The zero-order valence-corrected chi connectivity index (χ0v) is 11.5. The minimum absolute atomic E-state index is 0.0793. The molecular formula is C14H20N2O3. The van der Waals surface area contributed by atoms with Crippen molar-refractivity contribution >= 4 is 12.0 Å². The number of carbonyl (C=O) groups is 2. The summed E-state index contributed by atoms with van der Waals surface area (Å²) in [5, 5.41) is 11.3. The molecule has 0 aliphatic carbocycles. The summed E-state index contributed by atoms with van der Waals surface area (Å²) in [5.74, 6) is -0.922. The van der Waals surface area contributed by atoms with E-state index in [1.807, 2.05) is 31.2 Å². The Morgan fingerprint density at radius 3 is 2.42 bits per heavy atom. The molecular weight excluding hydrogens is 244 g/mol. The minimum Gasteiger partial charge on any atom is -0.481 e. The van der Waals surface area contributed by atoms with Crippen molar-refractivity contribution < 1.29 is 14.7 Å². The maximum absolute atomic E-state index is 11.8. The number of aliphatic carboxylic acids is 1. The molecule has 5 nitrogen and oxygen atoms in total. The van der Waals surface area contributed by atoms with Gasteiger partial charge in [0, 0.05) is 19.6 Å². The average Bonchev–Trinajstić information content (AvgIpc) is 2.30. The summed E-state index contributed by atoms with van der Waals surface area (Å²) in [6, 6.07) is 7.28. The molecule has 1 atom stereocenters. The molecule has 0 aromatic heterocycles. The molecule has 0 saturated heterocycles. The lowest BCUT2D eigenvalue weighted by Gasteiger charge is -2.20. The fourth-order valence-electron chi connectivity index (χ4n) is 1.67. The van der Waals surface area contributed by atoms with Crippen LogP contribution in [0.2, 0.25) is 0 Å². The first-order valence-electron chi connectivity index (χ1n) is 6.17. The van der Waals surface area contributed by atoms with Crippen LogP contribution >= 0.6 is 0 Å². The molecule has 19 heavy (non-hydrogen) atoms. The van der Waals surface area contributed by atoms with Crippen molar-refractivity contribution in [2.24, 2.45) is 0 Å². The number of carbonyl (C=O) groups excluding carboxylic acids is 1. The number of hydrogen-bond donors (Lipinski definition) is 2. The Labute approximate surface area is 113 Å². The molecule has 5 heteroatoms. The van der Waals surface area contributed by atoms with Crippen molar-refractivity contribution in [3.05, 3.63) is 35.4 Å². The quantitative estimate of drug-likeness (QED) is 0.854. The molecule has 1 unspecified atom stereocenters. The highest BCUT2D eigenvalue weighted by atomic mass is 16.4. The van der Waals surface area contributed by atoms with Crippen LogP contribution in [0.3, 0.4) is 0 Å². The third-order valence-corrected chi connectivity index (χ3v) is 2.74. The third-order valence-electron chi connectivity index (χ3n) is 2.74. The number of amides is 2. The van der Waals surface area contributed by atoms with E-state index in [0.717, 1.165) is 5.56 Å². The number of hydrogen-bond acceptors (Lipinski definition) is 2. The predicted molar refractivity (Wildman–Crippen MR) is 72.9 cm³/mol. The van der Waals surface area contributed by atoms with E-state index < -0.39 is 5.97 Å². The van der Waals surface area contributed by atoms with Crippen LogP contribution in [0.25, 0.3) is 0 Å². The molecule has 104 valence electrons. The van der Waals surface area contributed by atoms with Gasteiger partial charge < -0.3 is 15.3 Å². The third kappa shape index (κ3) is 5.42. The lowest BCUT2D eigenvalue weighted by Crippen LogP contribution is -2.42. The fraction of sp³-hybridized carbons (Fsp3) is 0.429. The van der Waals surface area contributed by atoms with E-state index in [1.54, 1.807) is 14.0 Å². The molecule has 0 fully saturated rings. The smallest absolute Gasteiger partial charge is 0.317 e. The second-order valence-electron chi connectivity index (χ2n) is 4.79. The zero-order valence-electron chi connectivity index (χ0n) is 11.5. The fourth-order valence-corrected chi connectivity index (χ4v) is 1.67. The van der Waals surface area contributed by atoms with Crippen molar-refractivity contribution in [3.8, 4) is 0 Å². The molecule has 0 spiro atoms. The molecule has 0 aliphatic heterocycles. The van der Waals surface area contributed by atoms with E-state index in [4.69, 9.17) is 5.11 Å². The molecule has 2 amide bonds. The summed E-state index contributed by atoms with van der Waals surface area (Å²) in [5.41, 5.74) is 2.21. The summed E-state index contributed by atoms with van der Waals surface area (Å²) in [6.07, 6.45) is -0.0793. The van der Waals surface area contributed by atoms with Crippen molar-refractivity contribution in [2.45, 2.75) is 32.9 Å². The Morgan fingerprint density at radius 1 is 1.32 bits per heavy atom. The zero-order chi connectivity index (χ0) is 14.4. The number of nitrogens with zero attached hydrogens (tertiary/aromatic N) is 1. The van der Waals surface area contributed by atoms with Crippen LogP contribution < -0.4 is 5.32 Å². The molecule has 0 bridgehead atoms. The van der Waals surface area contributed by atoms with Gasteiger partial charge in [-0.25, -0.2) is 4.79 Å². The molecule has 0 saturated carbocycles. The SMILES string of the molecule is Cc1ccc(CN(C)C(=O)NC(C)CC(=O)O)cc1. The van der Waals surface area contributed by atoms with Crippen molar-refractivity contribution in [1.82, 2.24) is 10.2 Å². The number of urea groups is 1. The second kappa shape index (κ2) is 6.78. The first-order valence-corrected chi connectivity index (χ1v) is 6.17. The van der Waals surface area contributed by atoms with Gasteiger partial charge in [-0.3, -0.25) is 4.79 Å². The number of carboxylic acids is 1. The molecule has 1 rings (SSSR count). The van der Waals surface area contributed by atoms with E-state index in [1.165, 1.54) is 10.5 Å². The lowest BCUT2D eigenvalue weighted by molar-refractivity contribution is -0.137. The molecule has 0 aliphatic rings. The first-order chi connectivity index (χ1) is 8.88. The number of rotatable bonds is 5. The van der Waals surface area contributed by atoms with E-state index in [-0.39, 0.29) is 18.5 Å². The van der Waals surface area contributed by atoms with Gasteiger partial charge in [-0.05, 0) is 19.4 Å². The van der Waals surface area contributed by atoms with Crippen LogP contribution in [0.15, 0.2) is 24.3 Å². The summed E-state index contributed by atoms with van der Waals surface area (Å²) < 4.78 is 0. The normalized spacial score (nSPS) is 11.7. The van der Waals surface area contributed by atoms with Gasteiger partial charge in [0.25, 0.3) is 0 Å². The van der Waals surface area contributed by atoms with Crippen LogP contribution in [0, 0.1) is 6.92 Å². The predicted octanol–water partition coefficient (Wildman–Crippen LogP) is 2.00. The molecule has 2 N–H and O–H groups in total. The second-order valence-corrected chi connectivity index (χ2v) is 4.79. The van der Waals surface area contributed by atoms with Crippen molar-refractivity contribution in [2.75, 3.05) is 7.05 Å². The average molecular weight is 264 g/mol. The maximum Gasteiger partial charge on any atom is 0.317 e. The standard InChI is InChI=1S/C14H20N2O3/c1-10-4-6-12(7-5-10)9-16(3)14(19)15-11(2)8-13(17)18/h4-7,11H,8-9H2,1-3H3,(H,15,19)(H,17,18). The monoisotopic (exact) mass is 264 g/mol. The molecule has 1 aromatic carbocycles. The summed E-state index contributed by atoms with van der Waals surface area (Å²) in [7, 11) is 1.68. The Balaban J connectivity index is 2.48. The highest BCUT2D eigenvalue weighted by Crippen LogP contribution is 2.06. The van der Waals surface area contributed by atoms with E-state index >= 15 is 0 Å². The van der Waals surface area contributed by atoms with Gasteiger partial charge in [0.15, 0.2) is 0 Å². The maximum atomic E-state index is 11.8. The Hall–Kier alpha value is -2.04. The molecule has 1 aromatic rings. The number of nitrogens with one attached hydrogen (secondary N) is 1. The summed E-state index contributed by atoms with van der Waals surface area (Å²) in [4.78, 5) is 23.9. The first kappa shape index (κ1) is 15.0. The number of benzene rings is 1. The van der Waals surface area contributed by atoms with Gasteiger partial charge in [0.2, 0.25) is 0 Å². The van der Waals surface area contributed by atoms with Crippen LogP contribution in [0.4, 0.5) is 4.79 Å². The van der Waals surface area contributed by atoms with Gasteiger partial charge in [-0.2, -0.15) is 0 Å². The number of carboxylic acid groups (broad SMARTS) is 1. The lowest BCUT2D eigenvalue weighted by atomic mass is 10.1. The Kier molecular flexibility index (Phi) is 5.36. The summed E-state index contributed by atoms with van der Waals surface area (Å²) in [6.45, 7) is 4.17. The number of aryl methyl sites for hydroxylation is 1.